The van der Waals surface area contributed by atoms with Crippen molar-refractivity contribution in [2.24, 2.45) is 5.92 Å². The Kier molecular flexibility index (Phi) is 4.57. The van der Waals surface area contributed by atoms with E-state index in [1.807, 2.05) is 0 Å². The smallest absolute Gasteiger partial charge is 0.326 e. The minimum Gasteiger partial charge on any atom is -0.480 e. The molecule has 1 saturated heterocycles. The van der Waals surface area contributed by atoms with Crippen molar-refractivity contribution < 1.29 is 14.7 Å². The van der Waals surface area contributed by atoms with Gasteiger partial charge in [0.1, 0.15) is 6.04 Å². The van der Waals surface area contributed by atoms with Crippen LogP contribution in [-0.2, 0) is 16.0 Å². The number of aliphatic carboxylic acids is 1. The number of amides is 1. The van der Waals surface area contributed by atoms with Crippen LogP contribution in [0.5, 0.6) is 0 Å². The Morgan fingerprint density at radius 2 is 2.00 bits per heavy atom. The maximum atomic E-state index is 13.0. The van der Waals surface area contributed by atoms with Crippen molar-refractivity contribution in [3.05, 3.63) is 34.2 Å². The molecule has 0 bridgehead atoms. The molecule has 0 aromatic carbocycles. The molecule has 26 heavy (non-hydrogen) atoms. The molecule has 3 atom stereocenters. The summed E-state index contributed by atoms with van der Waals surface area (Å²) < 4.78 is 1.69. The summed E-state index contributed by atoms with van der Waals surface area (Å²) in [5.74, 6) is -0.807. The van der Waals surface area contributed by atoms with Crippen LogP contribution in [0.25, 0.3) is 5.65 Å². The zero-order chi connectivity index (χ0) is 18.4. The van der Waals surface area contributed by atoms with Crippen LogP contribution in [0, 0.1) is 5.92 Å². The van der Waals surface area contributed by atoms with E-state index in [4.69, 9.17) is 23.2 Å². The van der Waals surface area contributed by atoms with Crippen LogP contribution in [0.4, 0.5) is 0 Å². The van der Waals surface area contributed by atoms with Crippen molar-refractivity contribution in [3.8, 4) is 0 Å². The number of likely N-dealkylation sites (tertiary alicyclic amines) is 1. The van der Waals surface area contributed by atoms with E-state index >= 15 is 0 Å². The molecule has 1 amide bonds. The van der Waals surface area contributed by atoms with E-state index in [9.17, 15) is 14.7 Å². The van der Waals surface area contributed by atoms with Gasteiger partial charge in [0.05, 0.1) is 22.2 Å². The van der Waals surface area contributed by atoms with E-state index in [0.717, 1.165) is 25.7 Å². The number of imidazole rings is 1. The highest BCUT2D eigenvalue weighted by Gasteiger charge is 2.47. The van der Waals surface area contributed by atoms with Gasteiger partial charge in [0.2, 0.25) is 5.91 Å². The van der Waals surface area contributed by atoms with E-state index in [1.54, 1.807) is 27.8 Å². The van der Waals surface area contributed by atoms with Gasteiger partial charge in [0, 0.05) is 18.4 Å². The Balaban J connectivity index is 1.60. The molecule has 8 heteroatoms. The monoisotopic (exact) mass is 395 g/mol. The number of fused-ring (bicyclic) bond motifs is 2. The summed E-state index contributed by atoms with van der Waals surface area (Å²) in [6.45, 7) is 0. The van der Waals surface area contributed by atoms with Crippen molar-refractivity contribution in [1.82, 2.24) is 14.3 Å². The van der Waals surface area contributed by atoms with Crippen molar-refractivity contribution >= 4 is 40.7 Å². The number of halogens is 2. The number of pyridine rings is 1. The zero-order valence-electron chi connectivity index (χ0n) is 14.1. The fraction of sp³-hybridized carbons (Fsp3) is 0.500. The first kappa shape index (κ1) is 17.6. The van der Waals surface area contributed by atoms with Crippen LogP contribution in [0.3, 0.4) is 0 Å². The van der Waals surface area contributed by atoms with Crippen LogP contribution in [0.2, 0.25) is 10.0 Å². The van der Waals surface area contributed by atoms with Crippen LogP contribution >= 0.6 is 23.2 Å². The van der Waals surface area contributed by atoms with Crippen LogP contribution in [-0.4, -0.2) is 43.4 Å². The molecule has 3 heterocycles. The van der Waals surface area contributed by atoms with Gasteiger partial charge in [-0.15, -0.1) is 0 Å². The molecule has 2 aromatic rings. The third-order valence-corrected chi connectivity index (χ3v) is 6.00. The molecule has 2 aromatic heterocycles. The molecule has 1 N–H and O–H groups in total. The maximum Gasteiger partial charge on any atom is 0.326 e. The molecule has 6 nitrogen and oxygen atoms in total. The number of rotatable bonds is 3. The van der Waals surface area contributed by atoms with E-state index in [0.29, 0.717) is 33.7 Å². The second-order valence-electron chi connectivity index (χ2n) is 7.15. The number of carbonyl (C=O) groups is 2. The Hall–Kier alpha value is -1.79. The van der Waals surface area contributed by atoms with E-state index in [1.165, 1.54) is 0 Å². The highest BCUT2D eigenvalue weighted by molar-refractivity contribution is 6.36. The third-order valence-electron chi connectivity index (χ3n) is 5.52. The van der Waals surface area contributed by atoms with Crippen molar-refractivity contribution in [1.29, 1.82) is 0 Å². The fourth-order valence-electron chi connectivity index (χ4n) is 4.45. The predicted octanol–water partition coefficient (Wildman–Crippen LogP) is 3.43. The Morgan fingerprint density at radius 1 is 1.23 bits per heavy atom. The molecule has 1 aliphatic heterocycles. The summed E-state index contributed by atoms with van der Waals surface area (Å²) in [6.07, 6.45) is 8.04. The average Bonchev–Trinajstić information content (AvgIpc) is 3.15. The lowest BCUT2D eigenvalue weighted by molar-refractivity contribution is -0.149. The summed E-state index contributed by atoms with van der Waals surface area (Å²) in [5, 5.41) is 10.5. The summed E-state index contributed by atoms with van der Waals surface area (Å²) in [7, 11) is 0. The lowest BCUT2D eigenvalue weighted by Gasteiger charge is -2.32. The van der Waals surface area contributed by atoms with Gasteiger partial charge in [-0.05, 0) is 31.2 Å². The minimum absolute atomic E-state index is 0.0346. The highest BCUT2D eigenvalue weighted by atomic mass is 35.5. The second kappa shape index (κ2) is 6.74. The number of carboxylic acid groups (broad SMARTS) is 1. The number of hydrogen-bond donors (Lipinski definition) is 1. The molecule has 4 rings (SSSR count). The maximum absolute atomic E-state index is 13.0. The van der Waals surface area contributed by atoms with E-state index in [2.05, 4.69) is 4.98 Å². The molecule has 0 spiro atoms. The molecule has 0 radical (unpaired) electrons. The number of nitrogens with zero attached hydrogens (tertiary/aromatic N) is 3. The summed E-state index contributed by atoms with van der Waals surface area (Å²) in [4.78, 5) is 30.7. The van der Waals surface area contributed by atoms with Crippen molar-refractivity contribution in [2.45, 2.75) is 50.6 Å². The molecular formula is C18H19Cl2N3O3. The lowest BCUT2D eigenvalue weighted by Crippen LogP contribution is -2.46. The average molecular weight is 396 g/mol. The van der Waals surface area contributed by atoms with Gasteiger partial charge in [-0.3, -0.25) is 4.79 Å². The van der Waals surface area contributed by atoms with Crippen LogP contribution in [0.15, 0.2) is 18.5 Å². The van der Waals surface area contributed by atoms with Crippen LogP contribution < -0.4 is 0 Å². The Morgan fingerprint density at radius 3 is 2.77 bits per heavy atom. The normalized spacial score (nSPS) is 25.5. The molecule has 2 fully saturated rings. The number of hydrogen-bond acceptors (Lipinski definition) is 3. The zero-order valence-corrected chi connectivity index (χ0v) is 15.6. The molecule has 138 valence electrons. The third kappa shape index (κ3) is 3.05. The standard InChI is InChI=1S/C18H19Cl2N3O3/c19-11-6-13(20)17-21-12(9-22(17)8-11)7-16(24)23-14-4-2-1-3-10(14)5-15(23)18(25)26/h6,8-10,14-15H,1-5,7H2,(H,25,26). The summed E-state index contributed by atoms with van der Waals surface area (Å²) in [5.41, 5.74) is 1.09. The molecular weight excluding hydrogens is 377 g/mol. The van der Waals surface area contributed by atoms with Crippen molar-refractivity contribution in [2.75, 3.05) is 0 Å². The van der Waals surface area contributed by atoms with Gasteiger partial charge in [-0.2, -0.15) is 0 Å². The number of carbonyl (C=O) groups excluding carboxylic acids is 1. The lowest BCUT2D eigenvalue weighted by atomic mass is 9.84. The SMILES string of the molecule is O=C(O)C1CC2CCCCC2N1C(=O)Cc1cn2cc(Cl)cc(Cl)c2n1. The Labute approximate surface area is 160 Å². The molecule has 1 aliphatic carbocycles. The van der Waals surface area contributed by atoms with Gasteiger partial charge in [-0.1, -0.05) is 36.0 Å². The van der Waals surface area contributed by atoms with Gasteiger partial charge >= 0.3 is 5.97 Å². The predicted molar refractivity (Wildman–Crippen MR) is 97.5 cm³/mol. The first-order chi connectivity index (χ1) is 12.4. The number of carboxylic acids is 1. The second-order valence-corrected chi connectivity index (χ2v) is 7.99. The fourth-order valence-corrected chi connectivity index (χ4v) is 4.97. The largest absolute Gasteiger partial charge is 0.480 e. The molecule has 1 saturated carbocycles. The van der Waals surface area contributed by atoms with Crippen molar-refractivity contribution in [3.63, 3.8) is 0 Å². The van der Waals surface area contributed by atoms with Gasteiger partial charge in [0.25, 0.3) is 0 Å². The molecule has 3 unspecified atom stereocenters. The quantitative estimate of drug-likeness (QED) is 0.863. The topological polar surface area (TPSA) is 74.9 Å². The summed E-state index contributed by atoms with van der Waals surface area (Å²) >= 11 is 12.2. The van der Waals surface area contributed by atoms with Gasteiger partial charge in [0.15, 0.2) is 5.65 Å². The first-order valence-electron chi connectivity index (χ1n) is 8.80. The van der Waals surface area contributed by atoms with Gasteiger partial charge in [-0.25, -0.2) is 9.78 Å². The first-order valence-corrected chi connectivity index (χ1v) is 9.56. The van der Waals surface area contributed by atoms with Gasteiger partial charge < -0.3 is 14.4 Å². The summed E-state index contributed by atoms with van der Waals surface area (Å²) in [6, 6.07) is 0.906. The number of aromatic nitrogens is 2. The van der Waals surface area contributed by atoms with E-state index in [-0.39, 0.29) is 18.4 Å². The highest BCUT2D eigenvalue weighted by Crippen LogP contribution is 2.40. The minimum atomic E-state index is -0.919. The van der Waals surface area contributed by atoms with E-state index < -0.39 is 12.0 Å². The molecule has 2 aliphatic rings. The Bertz CT molecular complexity index is 882. The van der Waals surface area contributed by atoms with Crippen LogP contribution in [0.1, 0.15) is 37.8 Å².